The Kier molecular flexibility index (Phi) is 5.45. The van der Waals surface area contributed by atoms with Crippen molar-refractivity contribution in [2.45, 2.75) is 18.9 Å². The lowest BCUT2D eigenvalue weighted by Gasteiger charge is -2.09. The molecule has 0 aliphatic rings. The molecule has 32 heavy (non-hydrogen) atoms. The summed E-state index contributed by atoms with van der Waals surface area (Å²) in [5, 5.41) is 2.51. The number of amides is 1. The number of nitrogens with one attached hydrogen (secondary N) is 1. The van der Waals surface area contributed by atoms with E-state index in [0.717, 1.165) is 35.6 Å². The van der Waals surface area contributed by atoms with Crippen molar-refractivity contribution in [3.63, 3.8) is 0 Å². The third-order valence-electron chi connectivity index (χ3n) is 4.57. The second-order valence-electron chi connectivity index (χ2n) is 6.87. The van der Waals surface area contributed by atoms with E-state index in [1.165, 1.54) is 28.8 Å². The Morgan fingerprint density at radius 3 is 2.25 bits per heavy atom. The number of halogens is 6. The van der Waals surface area contributed by atoms with E-state index in [1.54, 1.807) is 12.3 Å². The summed E-state index contributed by atoms with van der Waals surface area (Å²) in [6, 6.07) is 9.48. The van der Waals surface area contributed by atoms with Crippen LogP contribution >= 0.6 is 11.3 Å². The van der Waals surface area contributed by atoms with Gasteiger partial charge >= 0.3 is 12.4 Å². The zero-order valence-corrected chi connectivity index (χ0v) is 16.8. The van der Waals surface area contributed by atoms with Gasteiger partial charge in [0.15, 0.2) is 4.96 Å². The lowest BCUT2D eigenvalue weighted by Crippen LogP contribution is -2.23. The van der Waals surface area contributed by atoms with Gasteiger partial charge in [-0.1, -0.05) is 35.6 Å². The van der Waals surface area contributed by atoms with E-state index in [0.29, 0.717) is 15.4 Å². The molecular formula is C21H13F6N3OS. The van der Waals surface area contributed by atoms with Crippen LogP contribution in [0.4, 0.5) is 26.3 Å². The van der Waals surface area contributed by atoms with Crippen LogP contribution in [0, 0.1) is 0 Å². The molecule has 0 saturated carbocycles. The second-order valence-corrected chi connectivity index (χ2v) is 7.88. The lowest BCUT2D eigenvalue weighted by atomic mass is 10.1. The lowest BCUT2D eigenvalue weighted by molar-refractivity contribution is -0.138. The van der Waals surface area contributed by atoms with E-state index in [-0.39, 0.29) is 17.8 Å². The minimum atomic E-state index is -4.48. The summed E-state index contributed by atoms with van der Waals surface area (Å²) in [6.07, 6.45) is -5.97. The summed E-state index contributed by atoms with van der Waals surface area (Å²) in [7, 11) is 0. The summed E-state index contributed by atoms with van der Waals surface area (Å²) in [4.78, 5) is 17.4. The maximum absolute atomic E-state index is 12.9. The first-order chi connectivity index (χ1) is 15.0. The molecule has 4 nitrogen and oxygen atoms in total. The average Bonchev–Trinajstić information content (AvgIpc) is 3.31. The molecule has 11 heteroatoms. The Labute approximate surface area is 181 Å². The largest absolute Gasteiger partial charge is 0.416 e. The summed E-state index contributed by atoms with van der Waals surface area (Å²) >= 11 is 1.11. The number of imidazole rings is 1. The van der Waals surface area contributed by atoms with Crippen LogP contribution < -0.4 is 5.32 Å². The second kappa shape index (κ2) is 7.97. The van der Waals surface area contributed by atoms with Crippen molar-refractivity contribution in [3.8, 4) is 10.4 Å². The number of benzene rings is 2. The van der Waals surface area contributed by atoms with Gasteiger partial charge in [0.2, 0.25) is 0 Å². The van der Waals surface area contributed by atoms with E-state index < -0.39 is 29.4 Å². The van der Waals surface area contributed by atoms with Crippen LogP contribution in [0.1, 0.15) is 27.2 Å². The van der Waals surface area contributed by atoms with Gasteiger partial charge in [-0.3, -0.25) is 9.20 Å². The topological polar surface area (TPSA) is 46.4 Å². The monoisotopic (exact) mass is 469 g/mol. The number of rotatable bonds is 4. The number of carbonyl (C=O) groups excluding carboxylic acids is 1. The Balaban J connectivity index is 1.49. The highest BCUT2D eigenvalue weighted by molar-refractivity contribution is 7.20. The fraction of sp³-hybridized carbons (Fsp3) is 0.143. The highest BCUT2D eigenvalue weighted by Crippen LogP contribution is 2.34. The molecular weight excluding hydrogens is 456 g/mol. The van der Waals surface area contributed by atoms with Gasteiger partial charge in [0.05, 0.1) is 16.0 Å². The molecule has 0 aliphatic heterocycles. The first-order valence-electron chi connectivity index (χ1n) is 9.11. The third kappa shape index (κ3) is 4.62. The number of nitrogens with zero attached hydrogens (tertiary/aromatic N) is 2. The summed E-state index contributed by atoms with van der Waals surface area (Å²) < 4.78 is 78.7. The highest BCUT2D eigenvalue weighted by atomic mass is 32.1. The maximum Gasteiger partial charge on any atom is 0.416 e. The summed E-state index contributed by atoms with van der Waals surface area (Å²) in [6.45, 7) is -0.122. The molecule has 2 heterocycles. The van der Waals surface area contributed by atoms with Crippen LogP contribution in [-0.2, 0) is 18.9 Å². The van der Waals surface area contributed by atoms with Gasteiger partial charge in [0.25, 0.3) is 5.91 Å². The molecule has 166 valence electrons. The number of hydrogen-bond acceptors (Lipinski definition) is 3. The first-order valence-corrected chi connectivity index (χ1v) is 9.93. The van der Waals surface area contributed by atoms with Gasteiger partial charge in [0, 0.05) is 18.9 Å². The average molecular weight is 469 g/mol. The molecule has 2 aromatic carbocycles. The normalized spacial score (nSPS) is 12.3. The zero-order valence-electron chi connectivity index (χ0n) is 16.0. The van der Waals surface area contributed by atoms with Crippen LogP contribution in [0.5, 0.6) is 0 Å². The van der Waals surface area contributed by atoms with E-state index in [4.69, 9.17) is 0 Å². The van der Waals surface area contributed by atoms with Crippen LogP contribution in [0.2, 0.25) is 0 Å². The van der Waals surface area contributed by atoms with Crippen molar-refractivity contribution in [2.75, 3.05) is 0 Å². The van der Waals surface area contributed by atoms with Crippen LogP contribution in [0.25, 0.3) is 15.4 Å². The number of hydrogen-bond donors (Lipinski definition) is 1. The van der Waals surface area contributed by atoms with Crippen molar-refractivity contribution in [1.82, 2.24) is 14.7 Å². The predicted octanol–water partition coefficient (Wildman–Crippen LogP) is 6.03. The van der Waals surface area contributed by atoms with Crippen molar-refractivity contribution >= 4 is 22.2 Å². The highest BCUT2D eigenvalue weighted by Gasteiger charge is 2.31. The van der Waals surface area contributed by atoms with Crippen LogP contribution in [0.15, 0.2) is 60.9 Å². The Morgan fingerprint density at radius 2 is 1.59 bits per heavy atom. The fourth-order valence-corrected chi connectivity index (χ4v) is 3.98. The van der Waals surface area contributed by atoms with Crippen molar-refractivity contribution < 1.29 is 31.1 Å². The molecule has 0 bridgehead atoms. The van der Waals surface area contributed by atoms with Gasteiger partial charge < -0.3 is 5.32 Å². The zero-order chi connectivity index (χ0) is 23.1. The number of thiazole rings is 1. The minimum Gasteiger partial charge on any atom is -0.347 e. The van der Waals surface area contributed by atoms with Gasteiger partial charge in [-0.2, -0.15) is 26.3 Å². The molecule has 4 aromatic rings. The molecule has 0 fully saturated rings. The quantitative estimate of drug-likeness (QED) is 0.371. The molecule has 0 saturated heterocycles. The Morgan fingerprint density at radius 1 is 0.938 bits per heavy atom. The van der Waals surface area contributed by atoms with Gasteiger partial charge in [0.1, 0.15) is 5.69 Å². The number of alkyl halides is 6. The van der Waals surface area contributed by atoms with E-state index in [1.807, 2.05) is 0 Å². The molecule has 0 unspecified atom stereocenters. The predicted molar refractivity (Wildman–Crippen MR) is 106 cm³/mol. The molecule has 2 aromatic heterocycles. The molecule has 4 rings (SSSR count). The summed E-state index contributed by atoms with van der Waals surface area (Å²) in [5.74, 6) is -0.584. The van der Waals surface area contributed by atoms with E-state index in [2.05, 4.69) is 10.3 Å². The maximum atomic E-state index is 12.9. The first kappa shape index (κ1) is 21.9. The van der Waals surface area contributed by atoms with E-state index >= 15 is 0 Å². The fourth-order valence-electron chi connectivity index (χ4n) is 3.02. The third-order valence-corrected chi connectivity index (χ3v) is 5.62. The smallest absolute Gasteiger partial charge is 0.347 e. The molecule has 0 atom stereocenters. The van der Waals surface area contributed by atoms with Crippen molar-refractivity contribution in [2.24, 2.45) is 0 Å². The number of carbonyl (C=O) groups is 1. The van der Waals surface area contributed by atoms with E-state index in [9.17, 15) is 31.1 Å². The Hall–Kier alpha value is -3.34. The van der Waals surface area contributed by atoms with Crippen LogP contribution in [0.3, 0.4) is 0 Å². The SMILES string of the molecule is O=C(NCc1cccc(C(F)(F)F)c1)c1cn2cc(-c3cccc(C(F)(F)F)c3)sc2n1. The molecule has 1 amide bonds. The Bertz CT molecular complexity index is 1260. The molecule has 0 spiro atoms. The summed E-state index contributed by atoms with van der Waals surface area (Å²) in [5.41, 5.74) is -0.893. The van der Waals surface area contributed by atoms with Gasteiger partial charge in [-0.15, -0.1) is 0 Å². The van der Waals surface area contributed by atoms with Crippen molar-refractivity contribution in [1.29, 1.82) is 0 Å². The molecule has 0 aliphatic carbocycles. The number of aromatic nitrogens is 2. The minimum absolute atomic E-state index is 0.0406. The molecule has 0 radical (unpaired) electrons. The van der Waals surface area contributed by atoms with Gasteiger partial charge in [-0.05, 0) is 35.4 Å². The van der Waals surface area contributed by atoms with Gasteiger partial charge in [-0.25, -0.2) is 4.98 Å². The molecule has 1 N–H and O–H groups in total. The standard InChI is InChI=1S/C21H13F6N3OS/c22-20(23,24)14-5-1-3-12(7-14)9-28-18(31)16-10-30-11-17(32-19(30)29-16)13-4-2-6-15(8-13)21(25,26)27/h1-8,10-11H,9H2,(H,28,31). The number of fused-ring (bicyclic) bond motifs is 1. The van der Waals surface area contributed by atoms with Crippen molar-refractivity contribution in [3.05, 3.63) is 83.3 Å². The van der Waals surface area contributed by atoms with Crippen LogP contribution in [-0.4, -0.2) is 15.3 Å².